The number of aromatic nitrogens is 1. The Morgan fingerprint density at radius 3 is 2.22 bits per heavy atom. The van der Waals surface area contributed by atoms with E-state index in [-0.39, 0.29) is 34.1 Å². The third kappa shape index (κ3) is 10.6. The van der Waals surface area contributed by atoms with Gasteiger partial charge in [-0.3, -0.25) is 14.9 Å². The van der Waals surface area contributed by atoms with Gasteiger partial charge in [-0.2, -0.15) is 4.98 Å². The van der Waals surface area contributed by atoms with Crippen molar-refractivity contribution in [2.75, 3.05) is 51.5 Å². The number of likely N-dealkylation sites (N-methyl/N-ethyl adjacent to an activating group) is 1. The molecule has 2 N–H and O–H groups in total. The normalized spacial score (nSPS) is 17.0. The Morgan fingerprint density at radius 1 is 0.879 bits per heavy atom. The molecule has 1 unspecified atom stereocenters. The Kier molecular flexibility index (Phi) is 13.4. The quantitative estimate of drug-likeness (QED) is 0.0579. The molecule has 2 aliphatic rings. The minimum absolute atomic E-state index is 0.00281. The van der Waals surface area contributed by atoms with E-state index >= 15 is 0 Å². The summed E-state index contributed by atoms with van der Waals surface area (Å²) in [4.78, 5) is 47.3. The zero-order chi connectivity index (χ0) is 41.5. The predicted molar refractivity (Wildman–Crippen MR) is 226 cm³/mol. The number of carboxylic acid groups (broad SMARTS) is 1. The molecule has 2 amide bonds. The molecule has 1 aliphatic carbocycles. The van der Waals surface area contributed by atoms with Crippen LogP contribution in [0.3, 0.4) is 0 Å². The SMILES string of the molecule is Cc1cc2c(cc1/C(=N\OCCOCCOc1cccc(N(C)CCOc3ccc(CC4SC(=O)NC4=O)cc3)n1)c1ccc(C(=O)O)cc1)C(C)(C)CCC2(C)C. The van der Waals surface area contributed by atoms with Crippen molar-refractivity contribution in [1.82, 2.24) is 10.3 Å². The van der Waals surface area contributed by atoms with Gasteiger partial charge in [0.15, 0.2) is 0 Å². The number of benzene rings is 3. The average Bonchev–Trinajstić information content (AvgIpc) is 3.52. The van der Waals surface area contributed by atoms with Gasteiger partial charge in [-0.05, 0) is 95.7 Å². The summed E-state index contributed by atoms with van der Waals surface area (Å²) in [6, 6.07) is 24.4. The van der Waals surface area contributed by atoms with Gasteiger partial charge < -0.3 is 29.1 Å². The smallest absolute Gasteiger partial charge is 0.335 e. The molecule has 3 aromatic carbocycles. The minimum Gasteiger partial charge on any atom is -0.492 e. The summed E-state index contributed by atoms with van der Waals surface area (Å²) < 4.78 is 17.6. The largest absolute Gasteiger partial charge is 0.492 e. The fourth-order valence-electron chi connectivity index (χ4n) is 7.09. The molecule has 4 aromatic rings. The number of amides is 2. The number of anilines is 1. The van der Waals surface area contributed by atoms with Crippen LogP contribution in [-0.4, -0.2) is 84.8 Å². The number of hydrogen-bond acceptors (Lipinski definition) is 11. The van der Waals surface area contributed by atoms with E-state index in [0.29, 0.717) is 56.7 Å². The fourth-order valence-corrected chi connectivity index (χ4v) is 7.95. The number of carboxylic acids is 1. The lowest BCUT2D eigenvalue weighted by Crippen LogP contribution is -2.34. The lowest BCUT2D eigenvalue weighted by molar-refractivity contribution is -0.118. The molecule has 0 saturated carbocycles. The number of ether oxygens (including phenoxy) is 3. The Labute approximate surface area is 344 Å². The molecule has 2 heterocycles. The average molecular weight is 809 g/mol. The van der Waals surface area contributed by atoms with E-state index in [1.54, 1.807) is 30.3 Å². The number of nitrogens with one attached hydrogen (secondary N) is 1. The van der Waals surface area contributed by atoms with Crippen molar-refractivity contribution >= 4 is 40.4 Å². The van der Waals surface area contributed by atoms with E-state index in [1.807, 2.05) is 48.3 Å². The molecule has 1 fully saturated rings. The zero-order valence-corrected chi connectivity index (χ0v) is 34.8. The molecular formula is C45H52N4O8S. The molecule has 0 radical (unpaired) electrons. The van der Waals surface area contributed by atoms with E-state index < -0.39 is 11.2 Å². The van der Waals surface area contributed by atoms with Crippen molar-refractivity contribution in [3.8, 4) is 11.6 Å². The second-order valence-electron chi connectivity index (χ2n) is 15.9. The van der Waals surface area contributed by atoms with Crippen molar-refractivity contribution in [3.63, 3.8) is 0 Å². The molecule has 1 saturated heterocycles. The van der Waals surface area contributed by atoms with Crippen LogP contribution in [0.1, 0.15) is 84.3 Å². The highest BCUT2D eigenvalue weighted by Gasteiger charge is 2.38. The number of carbonyl (C=O) groups excluding carboxylic acids is 2. The molecule has 1 aliphatic heterocycles. The highest BCUT2D eigenvalue weighted by molar-refractivity contribution is 8.15. The topological polar surface area (TPSA) is 149 Å². The standard InChI is InChI=1S/C45H52N4O8S/c1-29-26-35-36(45(4,5)19-18-44(35,2)3)28-34(29)40(31-12-14-32(15-13-31)42(51)52)48-57-25-23-54-22-24-56-39-9-7-8-38(46-39)49(6)20-21-55-33-16-10-30(11-17-33)27-37-41(50)47-43(53)58-37/h7-17,26,28,37H,18-25,27H2,1-6H3,(H,51,52)(H,47,50,53)/b48-40-. The molecule has 58 heavy (non-hydrogen) atoms. The van der Waals surface area contributed by atoms with Crippen LogP contribution in [0.15, 0.2) is 84.0 Å². The van der Waals surface area contributed by atoms with Gasteiger partial charge in [0.25, 0.3) is 5.24 Å². The van der Waals surface area contributed by atoms with Crippen molar-refractivity contribution in [2.24, 2.45) is 5.16 Å². The lowest BCUT2D eigenvalue weighted by atomic mass is 9.62. The van der Waals surface area contributed by atoms with Gasteiger partial charge in [-0.25, -0.2) is 4.79 Å². The van der Waals surface area contributed by atoms with Crippen molar-refractivity contribution < 1.29 is 38.5 Å². The van der Waals surface area contributed by atoms with Gasteiger partial charge >= 0.3 is 5.97 Å². The summed E-state index contributed by atoms with van der Waals surface area (Å²) >= 11 is 1.02. The predicted octanol–water partition coefficient (Wildman–Crippen LogP) is 7.71. The second kappa shape index (κ2) is 18.5. The molecule has 6 rings (SSSR count). The number of nitrogens with zero attached hydrogens (tertiary/aromatic N) is 3. The van der Waals surface area contributed by atoms with E-state index in [2.05, 4.69) is 62.2 Å². The number of oxime groups is 1. The third-order valence-electron chi connectivity index (χ3n) is 10.7. The lowest BCUT2D eigenvalue weighted by Gasteiger charge is -2.42. The maximum absolute atomic E-state index is 11.9. The van der Waals surface area contributed by atoms with Gasteiger partial charge in [-0.15, -0.1) is 0 Å². The number of aryl methyl sites for hydroxylation is 1. The number of rotatable bonds is 18. The van der Waals surface area contributed by atoms with Crippen LogP contribution in [0.2, 0.25) is 0 Å². The molecule has 0 bridgehead atoms. The minimum atomic E-state index is -0.983. The van der Waals surface area contributed by atoms with Gasteiger partial charge in [0.2, 0.25) is 11.8 Å². The highest BCUT2D eigenvalue weighted by atomic mass is 32.2. The Bertz CT molecular complexity index is 2140. The van der Waals surface area contributed by atoms with Crippen molar-refractivity contribution in [2.45, 2.75) is 70.0 Å². The molecule has 12 nitrogen and oxygen atoms in total. The van der Waals surface area contributed by atoms with Crippen LogP contribution < -0.4 is 19.7 Å². The number of carbonyl (C=O) groups is 3. The maximum Gasteiger partial charge on any atom is 0.335 e. The molecular weight excluding hydrogens is 757 g/mol. The first-order valence-corrected chi connectivity index (χ1v) is 20.4. The second-order valence-corrected chi connectivity index (χ2v) is 17.1. The molecule has 1 aromatic heterocycles. The fraction of sp³-hybridized carbons (Fsp3) is 0.400. The summed E-state index contributed by atoms with van der Waals surface area (Å²) in [6.45, 7) is 13.4. The Morgan fingerprint density at radius 2 is 1.55 bits per heavy atom. The number of fused-ring (bicyclic) bond motifs is 1. The Hall–Kier alpha value is -5.40. The number of aromatic carboxylic acids is 1. The maximum atomic E-state index is 11.9. The molecule has 13 heteroatoms. The van der Waals surface area contributed by atoms with Crippen LogP contribution in [0, 0.1) is 6.92 Å². The van der Waals surface area contributed by atoms with Crippen LogP contribution in [0.4, 0.5) is 10.6 Å². The number of thioether (sulfide) groups is 1. The van der Waals surface area contributed by atoms with Gasteiger partial charge in [0, 0.05) is 24.2 Å². The van der Waals surface area contributed by atoms with Crippen LogP contribution in [0.25, 0.3) is 0 Å². The first kappa shape index (κ1) is 42.2. The summed E-state index contributed by atoms with van der Waals surface area (Å²) in [5.74, 6) is 0.698. The summed E-state index contributed by atoms with van der Waals surface area (Å²) in [6.07, 6.45) is 2.68. The van der Waals surface area contributed by atoms with Crippen molar-refractivity contribution in [3.05, 3.63) is 118 Å². The summed E-state index contributed by atoms with van der Waals surface area (Å²) in [7, 11) is 1.93. The van der Waals surface area contributed by atoms with Crippen LogP contribution >= 0.6 is 11.8 Å². The van der Waals surface area contributed by atoms with Crippen LogP contribution in [0.5, 0.6) is 11.6 Å². The van der Waals surface area contributed by atoms with Crippen molar-refractivity contribution in [1.29, 1.82) is 0 Å². The highest BCUT2D eigenvalue weighted by Crippen LogP contribution is 2.46. The zero-order valence-electron chi connectivity index (χ0n) is 34.0. The molecule has 306 valence electrons. The van der Waals surface area contributed by atoms with E-state index in [1.165, 1.54) is 11.1 Å². The number of hydrogen-bond donors (Lipinski definition) is 2. The number of pyridine rings is 1. The first-order chi connectivity index (χ1) is 27.7. The summed E-state index contributed by atoms with van der Waals surface area (Å²) in [5.41, 5.74) is 7.33. The van der Waals surface area contributed by atoms with Gasteiger partial charge in [-0.1, -0.05) is 81.0 Å². The third-order valence-corrected chi connectivity index (χ3v) is 11.7. The Balaban J connectivity index is 0.968. The molecule has 1 atom stereocenters. The monoisotopic (exact) mass is 808 g/mol. The first-order valence-electron chi connectivity index (χ1n) is 19.5. The van der Waals surface area contributed by atoms with Gasteiger partial charge in [0.05, 0.1) is 30.6 Å². The van der Waals surface area contributed by atoms with Crippen LogP contribution in [-0.2, 0) is 31.6 Å². The van der Waals surface area contributed by atoms with E-state index in [0.717, 1.165) is 52.7 Å². The van der Waals surface area contributed by atoms with E-state index in [4.69, 9.17) is 19.0 Å². The van der Waals surface area contributed by atoms with Gasteiger partial charge in [0.1, 0.15) is 37.1 Å². The molecule has 0 spiro atoms. The number of imide groups is 1. The summed E-state index contributed by atoms with van der Waals surface area (Å²) in [5, 5.41) is 15.7. The van der Waals surface area contributed by atoms with E-state index in [9.17, 15) is 19.5 Å².